The monoisotopic (exact) mass is 533 g/mol. The van der Waals surface area contributed by atoms with Crippen LogP contribution in [-0.2, 0) is 23.4 Å². The molecule has 0 amide bonds. The molecule has 2 aromatic rings. The number of aromatic nitrogens is 2. The molecule has 3 rings (SSSR count). The summed E-state index contributed by atoms with van der Waals surface area (Å²) in [5.41, 5.74) is -4.15. The van der Waals surface area contributed by atoms with E-state index >= 15 is 4.39 Å². The zero-order chi connectivity index (χ0) is 26.5. The zero-order valence-electron chi connectivity index (χ0n) is 19.3. The smallest absolute Gasteiger partial charge is 0.330 e. The average Bonchev–Trinajstić information content (AvgIpc) is 3.08. The highest BCUT2D eigenvalue weighted by atomic mass is 31.1. The van der Waals surface area contributed by atoms with Crippen LogP contribution in [0.1, 0.15) is 20.1 Å². The minimum atomic E-state index is -3.40. The molecule has 198 valence electrons. The van der Waals surface area contributed by atoms with Gasteiger partial charge in [-0.25, -0.2) is 13.6 Å². The fourth-order valence-electron chi connectivity index (χ4n) is 3.40. The largest absolute Gasteiger partial charge is 0.462 e. The van der Waals surface area contributed by atoms with Crippen molar-refractivity contribution in [3.8, 4) is 5.75 Å². The van der Waals surface area contributed by atoms with Crippen molar-refractivity contribution in [1.82, 2.24) is 14.4 Å². The van der Waals surface area contributed by atoms with Gasteiger partial charge in [0.2, 0.25) is 0 Å². The number of rotatable bonds is 11. The quantitative estimate of drug-likeness (QED) is 0.245. The summed E-state index contributed by atoms with van der Waals surface area (Å²) in [7, 11) is -3.40. The van der Waals surface area contributed by atoms with E-state index in [1.807, 2.05) is 4.98 Å². The number of nitrogens with zero attached hydrogens (tertiary/aromatic N) is 2. The fraction of sp³-hybridized carbons (Fsp3) is 0.476. The molecule has 2 N–H and O–H groups in total. The van der Waals surface area contributed by atoms with Crippen molar-refractivity contribution in [2.45, 2.75) is 44.0 Å². The normalized spacial score (nSPS) is 25.4. The van der Waals surface area contributed by atoms with Crippen LogP contribution in [0, 0.1) is 0 Å². The molecule has 1 aliphatic rings. The van der Waals surface area contributed by atoms with Crippen molar-refractivity contribution in [1.29, 1.82) is 0 Å². The summed E-state index contributed by atoms with van der Waals surface area (Å²) in [5.74, 6) is -0.730. The fourth-order valence-corrected chi connectivity index (χ4v) is 4.44. The van der Waals surface area contributed by atoms with Gasteiger partial charge in [0.05, 0.1) is 6.61 Å². The number of aromatic amines is 1. The molecule has 0 radical (unpaired) electrons. The minimum Gasteiger partial charge on any atom is -0.462 e. The average molecular weight is 533 g/mol. The highest BCUT2D eigenvalue weighted by Crippen LogP contribution is 2.42. The Morgan fingerprint density at radius 2 is 2.03 bits per heavy atom. The van der Waals surface area contributed by atoms with Crippen molar-refractivity contribution < 1.29 is 42.1 Å². The predicted molar refractivity (Wildman–Crippen MR) is 121 cm³/mol. The number of carbonyl (C=O) groups excluding carboxylic acids is 1. The van der Waals surface area contributed by atoms with E-state index in [0.29, 0.717) is 0 Å². The second kappa shape index (κ2) is 11.9. The number of ether oxygens (including phenoxy) is 2. The van der Waals surface area contributed by atoms with E-state index in [9.17, 15) is 28.4 Å². The van der Waals surface area contributed by atoms with Gasteiger partial charge in [0, 0.05) is 12.3 Å². The first-order valence-electron chi connectivity index (χ1n) is 10.8. The van der Waals surface area contributed by atoms with Gasteiger partial charge in [0.15, 0.2) is 11.9 Å². The number of hydrogen-bond donors (Lipinski definition) is 2. The second-order valence-corrected chi connectivity index (χ2v) is 9.24. The highest BCUT2D eigenvalue weighted by molar-refractivity contribution is 7.36. The Bertz CT molecular complexity index is 1180. The second-order valence-electron chi connectivity index (χ2n) is 7.98. The lowest BCUT2D eigenvalue weighted by Gasteiger charge is -2.26. The van der Waals surface area contributed by atoms with E-state index in [1.165, 1.54) is 19.1 Å². The van der Waals surface area contributed by atoms with E-state index in [1.54, 1.807) is 18.2 Å². The molecule has 1 fully saturated rings. The predicted octanol–water partition coefficient (Wildman–Crippen LogP) is 1.13. The maximum Gasteiger partial charge on any atom is 0.330 e. The Balaban J connectivity index is 1.74. The first-order valence-corrected chi connectivity index (χ1v) is 12.1. The lowest BCUT2D eigenvalue weighted by atomic mass is 9.98. The van der Waals surface area contributed by atoms with E-state index < -0.39 is 75.4 Å². The van der Waals surface area contributed by atoms with Crippen LogP contribution in [0.15, 0.2) is 52.2 Å². The number of hydrogen-bond acceptors (Lipinski definition) is 9. The summed E-state index contributed by atoms with van der Waals surface area (Å²) >= 11 is 0. The molecule has 0 saturated carbocycles. The van der Waals surface area contributed by atoms with Gasteiger partial charge in [-0.2, -0.15) is 0 Å². The Hall–Kier alpha value is -2.90. The molecule has 1 aromatic heterocycles. The topological polar surface area (TPSA) is 149 Å². The molecular formula is C21H26F2N3O9P. The van der Waals surface area contributed by atoms with Crippen LogP contribution in [-0.4, -0.2) is 69.3 Å². The maximum absolute atomic E-state index is 15.3. The van der Waals surface area contributed by atoms with Crippen LogP contribution in [0.5, 0.6) is 5.75 Å². The van der Waals surface area contributed by atoms with Gasteiger partial charge in [-0.15, -0.1) is 0 Å². The highest BCUT2D eigenvalue weighted by Gasteiger charge is 2.55. The van der Waals surface area contributed by atoms with Crippen molar-refractivity contribution in [3.05, 3.63) is 63.4 Å². The lowest BCUT2D eigenvalue weighted by molar-refractivity contribution is -0.155. The summed E-state index contributed by atoms with van der Waals surface area (Å²) in [5, 5.41) is 10.5. The van der Waals surface area contributed by atoms with Gasteiger partial charge < -0.3 is 23.9 Å². The first kappa shape index (κ1) is 27.7. The molecule has 15 heteroatoms. The first-order chi connectivity index (χ1) is 17.1. The summed E-state index contributed by atoms with van der Waals surface area (Å²) < 4.78 is 57.0. The number of aliphatic hydroxyl groups is 1. The zero-order valence-corrected chi connectivity index (χ0v) is 20.3. The number of nitrogens with one attached hydrogen (secondary N) is 1. The van der Waals surface area contributed by atoms with Gasteiger partial charge in [0.25, 0.3) is 13.7 Å². The van der Waals surface area contributed by atoms with E-state index in [-0.39, 0.29) is 5.75 Å². The maximum atomic E-state index is 15.3. The number of para-hydroxylation sites is 1. The molecule has 0 bridgehead atoms. The number of hydroxylamine groups is 1. The van der Waals surface area contributed by atoms with Crippen LogP contribution in [0.2, 0.25) is 0 Å². The van der Waals surface area contributed by atoms with Crippen molar-refractivity contribution in [3.63, 3.8) is 0 Å². The summed E-state index contributed by atoms with van der Waals surface area (Å²) in [6.45, 7) is 0.257. The van der Waals surface area contributed by atoms with E-state index in [0.717, 1.165) is 28.6 Å². The number of carbonyl (C=O) groups is 1. The van der Waals surface area contributed by atoms with Crippen LogP contribution in [0.4, 0.5) is 8.78 Å². The van der Waals surface area contributed by atoms with E-state index in [4.69, 9.17) is 18.8 Å². The van der Waals surface area contributed by atoms with Gasteiger partial charge in [0.1, 0.15) is 37.3 Å². The number of aliphatic hydroxyl groups excluding tert-OH is 1. The Labute approximate surface area is 204 Å². The molecule has 2 heterocycles. The van der Waals surface area contributed by atoms with Crippen LogP contribution < -0.4 is 16.1 Å². The molecule has 1 aromatic carbocycles. The molecule has 0 aliphatic carbocycles. The van der Waals surface area contributed by atoms with Crippen molar-refractivity contribution in [2.75, 3.05) is 19.9 Å². The van der Waals surface area contributed by atoms with Crippen LogP contribution in [0.3, 0.4) is 0 Å². The Morgan fingerprint density at radius 1 is 1.33 bits per heavy atom. The molecule has 2 unspecified atom stereocenters. The van der Waals surface area contributed by atoms with Gasteiger partial charge >= 0.3 is 11.7 Å². The van der Waals surface area contributed by atoms with Gasteiger partial charge in [-0.05, 0) is 26.0 Å². The number of alkyl halides is 2. The third-order valence-electron chi connectivity index (χ3n) is 5.33. The van der Waals surface area contributed by atoms with Crippen LogP contribution >= 0.6 is 8.18 Å². The SMILES string of the molecule is CC(C(=O)OCCF)N(Oc1ccccc1)[PH](=O)OC[C@H]1O[C@@H](n2ccc(=O)[nH]c2=O)[C@](C)(F)[C@@H]1O. The number of esters is 1. The van der Waals surface area contributed by atoms with Gasteiger partial charge in [-0.1, -0.05) is 23.0 Å². The third-order valence-corrected chi connectivity index (χ3v) is 6.59. The van der Waals surface area contributed by atoms with Crippen LogP contribution in [0.25, 0.3) is 0 Å². The third kappa shape index (κ3) is 6.26. The summed E-state index contributed by atoms with van der Waals surface area (Å²) in [6, 6.07) is 7.68. The van der Waals surface area contributed by atoms with Gasteiger partial charge in [-0.3, -0.25) is 23.7 Å². The molecule has 6 atom stereocenters. The molecule has 36 heavy (non-hydrogen) atoms. The van der Waals surface area contributed by atoms with E-state index in [2.05, 4.69) is 0 Å². The molecule has 12 nitrogen and oxygen atoms in total. The summed E-state index contributed by atoms with van der Waals surface area (Å²) in [6.07, 6.45) is -3.81. The lowest BCUT2D eigenvalue weighted by Crippen LogP contribution is -2.43. The number of benzene rings is 1. The Morgan fingerprint density at radius 3 is 2.67 bits per heavy atom. The number of H-pyrrole nitrogens is 1. The molecular weight excluding hydrogens is 507 g/mol. The Kier molecular flexibility index (Phi) is 9.14. The molecule has 0 spiro atoms. The molecule has 1 saturated heterocycles. The summed E-state index contributed by atoms with van der Waals surface area (Å²) in [4.78, 5) is 43.8. The minimum absolute atomic E-state index is 0.204. The standard InChI is InChI=1S/C21H26F2N3O9P/c1-13(18(29)32-11-9-22)26(35-14-6-4-3-5-7-14)36(31)33-12-15-17(28)21(2,23)19(34-15)25-10-8-16(27)24-20(25)30/h3-8,10,13,15,17,19,28,36H,9,11-12H2,1-2H3,(H,24,27,30)/t13?,15-,17-,19-,21-/m1/s1. The van der Waals surface area contributed by atoms with Crippen molar-refractivity contribution >= 4 is 14.1 Å². The molecule has 1 aliphatic heterocycles. The number of halogens is 2. The van der Waals surface area contributed by atoms with Crippen molar-refractivity contribution in [2.24, 2.45) is 0 Å².